The van der Waals surface area contributed by atoms with Crippen LogP contribution in [0, 0.1) is 0 Å². The van der Waals surface area contributed by atoms with E-state index < -0.39 is 0 Å². The minimum atomic E-state index is -0.241. The molecule has 1 aliphatic heterocycles. The van der Waals surface area contributed by atoms with Crippen LogP contribution in [0.5, 0.6) is 0 Å². The molecular weight excluding hydrogens is 206 g/mol. The quantitative estimate of drug-likeness (QED) is 0.504. The molecule has 0 spiro atoms. The molecule has 0 aliphatic carbocycles. The Labute approximate surface area is 87.2 Å². The van der Waals surface area contributed by atoms with E-state index in [1.807, 2.05) is 0 Å². The molecule has 5 heteroatoms. The van der Waals surface area contributed by atoms with Crippen LogP contribution in [0.15, 0.2) is 0 Å². The second-order valence-corrected chi connectivity index (χ2v) is 3.58. The summed E-state index contributed by atoms with van der Waals surface area (Å²) in [4.78, 5) is 34.5. The molecule has 1 heterocycles. The Morgan fingerprint density at radius 3 is 2.36 bits per heavy atom. The van der Waals surface area contributed by atoms with E-state index in [0.717, 1.165) is 4.90 Å². The maximum Gasteiger partial charge on any atom is 0.230 e. The Hall–Kier alpha value is -0.900. The summed E-state index contributed by atoms with van der Waals surface area (Å²) >= 11 is 5.42. The summed E-state index contributed by atoms with van der Waals surface area (Å²) in [6.45, 7) is -0.0748. The molecule has 0 radical (unpaired) electrons. The van der Waals surface area contributed by atoms with Crippen LogP contribution in [-0.4, -0.2) is 34.9 Å². The predicted octanol–water partition coefficient (Wildman–Crippen LogP) is 0.724. The first-order chi connectivity index (χ1) is 6.65. The first-order valence-electron chi connectivity index (χ1n) is 4.56. The number of Topliss-reactive ketones (excluding diaryl/α,β-unsaturated/α-hetero) is 1. The SMILES string of the molecule is O=C(CCCCl)CN1C(=O)CCC1=O. The van der Waals surface area contributed by atoms with Crippen molar-refractivity contribution in [2.24, 2.45) is 0 Å². The molecule has 0 bridgehead atoms. The minimum absolute atomic E-state index is 0.0748. The van der Waals surface area contributed by atoms with E-state index in [-0.39, 0.29) is 37.0 Å². The van der Waals surface area contributed by atoms with E-state index in [1.54, 1.807) is 0 Å². The van der Waals surface area contributed by atoms with E-state index in [0.29, 0.717) is 18.7 Å². The highest BCUT2D eigenvalue weighted by molar-refractivity contribution is 6.18. The Morgan fingerprint density at radius 2 is 1.86 bits per heavy atom. The molecule has 4 nitrogen and oxygen atoms in total. The summed E-state index contributed by atoms with van der Waals surface area (Å²) in [7, 11) is 0. The zero-order chi connectivity index (χ0) is 10.6. The molecule has 78 valence electrons. The Kier molecular flexibility index (Phi) is 4.07. The number of likely N-dealkylation sites (tertiary alicyclic amines) is 1. The number of hydrogen-bond acceptors (Lipinski definition) is 3. The standard InChI is InChI=1S/C9H12ClNO3/c10-5-1-2-7(12)6-11-8(13)3-4-9(11)14/h1-6H2. The van der Waals surface area contributed by atoms with Crippen LogP contribution in [0.25, 0.3) is 0 Å². The number of alkyl halides is 1. The van der Waals surface area contributed by atoms with Crippen molar-refractivity contribution in [3.05, 3.63) is 0 Å². The highest BCUT2D eigenvalue weighted by atomic mass is 35.5. The average molecular weight is 218 g/mol. The zero-order valence-electron chi connectivity index (χ0n) is 7.79. The van der Waals surface area contributed by atoms with E-state index in [9.17, 15) is 14.4 Å². The fourth-order valence-electron chi connectivity index (χ4n) is 1.32. The van der Waals surface area contributed by atoms with Gasteiger partial charge < -0.3 is 0 Å². The van der Waals surface area contributed by atoms with Gasteiger partial charge in [0.15, 0.2) is 5.78 Å². The van der Waals surface area contributed by atoms with Gasteiger partial charge in [-0.05, 0) is 6.42 Å². The fourth-order valence-corrected chi connectivity index (χ4v) is 1.45. The molecule has 1 aliphatic rings. The summed E-state index contributed by atoms with van der Waals surface area (Å²) in [6.07, 6.45) is 1.40. The number of imide groups is 1. The molecule has 0 unspecified atom stereocenters. The Morgan fingerprint density at radius 1 is 1.29 bits per heavy atom. The summed E-state index contributed by atoms with van der Waals surface area (Å²) < 4.78 is 0. The number of carbonyl (C=O) groups is 3. The lowest BCUT2D eigenvalue weighted by molar-refractivity contribution is -0.141. The first kappa shape index (κ1) is 11.2. The molecule has 0 saturated carbocycles. The predicted molar refractivity (Wildman–Crippen MR) is 50.9 cm³/mol. The molecule has 0 aromatic rings. The van der Waals surface area contributed by atoms with Crippen LogP contribution >= 0.6 is 11.6 Å². The van der Waals surface area contributed by atoms with Gasteiger partial charge in [0.1, 0.15) is 0 Å². The molecule has 0 aromatic carbocycles. The van der Waals surface area contributed by atoms with Gasteiger partial charge in [-0.15, -0.1) is 11.6 Å². The van der Waals surface area contributed by atoms with Crippen molar-refractivity contribution in [1.82, 2.24) is 4.90 Å². The molecular formula is C9H12ClNO3. The van der Waals surface area contributed by atoms with Crippen LogP contribution < -0.4 is 0 Å². The van der Waals surface area contributed by atoms with Crippen LogP contribution in [0.3, 0.4) is 0 Å². The van der Waals surface area contributed by atoms with Gasteiger partial charge in [-0.1, -0.05) is 0 Å². The molecule has 1 fully saturated rings. The Balaban J connectivity index is 2.39. The number of ketones is 1. The third kappa shape index (κ3) is 2.80. The van der Waals surface area contributed by atoms with Gasteiger partial charge in [0, 0.05) is 25.1 Å². The lowest BCUT2D eigenvalue weighted by Gasteiger charge is -2.11. The van der Waals surface area contributed by atoms with Crippen molar-refractivity contribution in [2.45, 2.75) is 25.7 Å². The van der Waals surface area contributed by atoms with Crippen LogP contribution in [-0.2, 0) is 14.4 Å². The van der Waals surface area contributed by atoms with Gasteiger partial charge in [-0.2, -0.15) is 0 Å². The molecule has 0 atom stereocenters. The number of halogens is 1. The molecule has 0 N–H and O–H groups in total. The molecule has 2 amide bonds. The van der Waals surface area contributed by atoms with E-state index in [2.05, 4.69) is 0 Å². The summed E-state index contributed by atoms with van der Waals surface area (Å²) in [5, 5.41) is 0. The van der Waals surface area contributed by atoms with Crippen molar-refractivity contribution in [3.8, 4) is 0 Å². The van der Waals surface area contributed by atoms with Gasteiger partial charge in [0.25, 0.3) is 0 Å². The number of nitrogens with zero attached hydrogens (tertiary/aromatic N) is 1. The van der Waals surface area contributed by atoms with Crippen molar-refractivity contribution in [2.75, 3.05) is 12.4 Å². The normalized spacial score (nSPS) is 16.5. The van der Waals surface area contributed by atoms with E-state index >= 15 is 0 Å². The van der Waals surface area contributed by atoms with Crippen LogP contribution in [0.2, 0.25) is 0 Å². The summed E-state index contributed by atoms with van der Waals surface area (Å²) in [5.41, 5.74) is 0. The number of hydrogen-bond donors (Lipinski definition) is 0. The monoisotopic (exact) mass is 217 g/mol. The molecule has 0 aromatic heterocycles. The Bertz CT molecular complexity index is 249. The van der Waals surface area contributed by atoms with Crippen LogP contribution in [0.4, 0.5) is 0 Å². The van der Waals surface area contributed by atoms with Gasteiger partial charge >= 0.3 is 0 Å². The average Bonchev–Trinajstić information content (AvgIpc) is 2.46. The van der Waals surface area contributed by atoms with Gasteiger partial charge in [0.2, 0.25) is 11.8 Å². The number of rotatable bonds is 5. The van der Waals surface area contributed by atoms with Crippen molar-refractivity contribution in [1.29, 1.82) is 0 Å². The molecule has 1 saturated heterocycles. The number of amides is 2. The lowest BCUT2D eigenvalue weighted by atomic mass is 10.2. The highest BCUT2D eigenvalue weighted by Crippen LogP contribution is 2.11. The summed E-state index contributed by atoms with van der Waals surface area (Å²) in [6, 6.07) is 0. The zero-order valence-corrected chi connectivity index (χ0v) is 8.55. The molecule has 14 heavy (non-hydrogen) atoms. The fraction of sp³-hybridized carbons (Fsp3) is 0.667. The topological polar surface area (TPSA) is 54.5 Å². The van der Waals surface area contributed by atoms with Crippen LogP contribution in [0.1, 0.15) is 25.7 Å². The highest BCUT2D eigenvalue weighted by Gasteiger charge is 2.29. The largest absolute Gasteiger partial charge is 0.298 e. The minimum Gasteiger partial charge on any atom is -0.298 e. The smallest absolute Gasteiger partial charge is 0.230 e. The van der Waals surface area contributed by atoms with E-state index in [1.165, 1.54) is 0 Å². The second-order valence-electron chi connectivity index (χ2n) is 3.20. The van der Waals surface area contributed by atoms with Gasteiger partial charge in [-0.25, -0.2) is 0 Å². The third-order valence-corrected chi connectivity index (χ3v) is 2.35. The maximum atomic E-state index is 11.2. The third-order valence-electron chi connectivity index (χ3n) is 2.08. The second kappa shape index (κ2) is 5.10. The van der Waals surface area contributed by atoms with E-state index in [4.69, 9.17) is 11.6 Å². The van der Waals surface area contributed by atoms with Crippen molar-refractivity contribution in [3.63, 3.8) is 0 Å². The van der Waals surface area contributed by atoms with Gasteiger partial charge in [0.05, 0.1) is 6.54 Å². The number of carbonyl (C=O) groups excluding carboxylic acids is 3. The maximum absolute atomic E-state index is 11.2. The lowest BCUT2D eigenvalue weighted by Crippen LogP contribution is -2.34. The first-order valence-corrected chi connectivity index (χ1v) is 5.09. The van der Waals surface area contributed by atoms with Gasteiger partial charge in [-0.3, -0.25) is 19.3 Å². The van der Waals surface area contributed by atoms with Crippen molar-refractivity contribution < 1.29 is 14.4 Å². The van der Waals surface area contributed by atoms with Crippen molar-refractivity contribution >= 4 is 29.2 Å². The summed E-state index contributed by atoms with van der Waals surface area (Å²) in [5.74, 6) is -0.161. The molecule has 1 rings (SSSR count).